The minimum absolute atomic E-state index is 0.116. The average molecular weight is 274 g/mol. The molecular formula is C17H26N2O. The number of carbonyl (C=O) groups is 1. The Balaban J connectivity index is 2.08. The molecule has 4 unspecified atom stereocenters. The molecule has 20 heavy (non-hydrogen) atoms. The lowest BCUT2D eigenvalue weighted by molar-refractivity contribution is -0.134. The van der Waals surface area contributed by atoms with Gasteiger partial charge in [-0.2, -0.15) is 0 Å². The van der Waals surface area contributed by atoms with Crippen molar-refractivity contribution >= 4 is 5.91 Å². The first-order valence-corrected chi connectivity index (χ1v) is 7.67. The van der Waals surface area contributed by atoms with Gasteiger partial charge in [0.25, 0.3) is 0 Å². The fourth-order valence-electron chi connectivity index (χ4n) is 3.09. The number of likely N-dealkylation sites (tertiary alicyclic amines) is 1. The van der Waals surface area contributed by atoms with Gasteiger partial charge in [-0.1, -0.05) is 50.6 Å². The smallest absolute Gasteiger partial charge is 0.240 e. The monoisotopic (exact) mass is 274 g/mol. The number of carbonyl (C=O) groups excluding carboxylic acids is 1. The van der Waals surface area contributed by atoms with Crippen molar-refractivity contribution in [1.82, 2.24) is 4.90 Å². The lowest BCUT2D eigenvalue weighted by Crippen LogP contribution is -2.48. The van der Waals surface area contributed by atoms with Crippen LogP contribution in [0.4, 0.5) is 0 Å². The van der Waals surface area contributed by atoms with Crippen molar-refractivity contribution in [3.8, 4) is 0 Å². The van der Waals surface area contributed by atoms with E-state index in [0.29, 0.717) is 5.92 Å². The molecule has 2 N–H and O–H groups in total. The average Bonchev–Trinajstić information content (AvgIpc) is 2.87. The summed E-state index contributed by atoms with van der Waals surface area (Å²) in [5, 5.41) is 0. The van der Waals surface area contributed by atoms with Crippen molar-refractivity contribution < 1.29 is 4.79 Å². The van der Waals surface area contributed by atoms with E-state index < -0.39 is 0 Å². The van der Waals surface area contributed by atoms with Crippen LogP contribution in [0, 0.1) is 5.92 Å². The summed E-state index contributed by atoms with van der Waals surface area (Å²) < 4.78 is 0. The van der Waals surface area contributed by atoms with E-state index >= 15 is 0 Å². The van der Waals surface area contributed by atoms with Crippen LogP contribution in [0.2, 0.25) is 0 Å². The van der Waals surface area contributed by atoms with Crippen molar-refractivity contribution in [2.75, 3.05) is 6.54 Å². The second kappa shape index (κ2) is 6.40. The molecule has 110 valence electrons. The maximum atomic E-state index is 12.5. The van der Waals surface area contributed by atoms with E-state index in [1.165, 1.54) is 5.56 Å². The largest absolute Gasteiger partial charge is 0.338 e. The summed E-state index contributed by atoms with van der Waals surface area (Å²) in [7, 11) is 0. The van der Waals surface area contributed by atoms with Gasteiger partial charge in [-0.3, -0.25) is 4.79 Å². The van der Waals surface area contributed by atoms with Gasteiger partial charge in [0.2, 0.25) is 5.91 Å². The van der Waals surface area contributed by atoms with Gasteiger partial charge in [0.1, 0.15) is 0 Å². The maximum Gasteiger partial charge on any atom is 0.240 e. The third-order valence-electron chi connectivity index (χ3n) is 4.81. The lowest BCUT2D eigenvalue weighted by Gasteiger charge is -2.29. The van der Waals surface area contributed by atoms with Gasteiger partial charge in [-0.25, -0.2) is 0 Å². The van der Waals surface area contributed by atoms with Gasteiger partial charge in [0.15, 0.2) is 0 Å². The van der Waals surface area contributed by atoms with Crippen LogP contribution in [0.1, 0.15) is 45.1 Å². The van der Waals surface area contributed by atoms with Crippen molar-refractivity contribution in [3.63, 3.8) is 0 Å². The molecule has 1 amide bonds. The fraction of sp³-hybridized carbons (Fsp3) is 0.588. The van der Waals surface area contributed by atoms with Crippen LogP contribution in [0.3, 0.4) is 0 Å². The van der Waals surface area contributed by atoms with Crippen LogP contribution in [0.15, 0.2) is 30.3 Å². The standard InChI is InChI=1S/C17H26N2O/c1-4-12(2)16(18)17(20)19-11-10-15(13(19)3)14-8-6-5-7-9-14/h5-9,12-13,15-16H,4,10-11,18H2,1-3H3. The fourth-order valence-corrected chi connectivity index (χ4v) is 3.09. The predicted octanol–water partition coefficient (Wildman–Crippen LogP) is 2.76. The van der Waals surface area contributed by atoms with E-state index in [9.17, 15) is 4.79 Å². The summed E-state index contributed by atoms with van der Waals surface area (Å²) in [5.74, 6) is 0.792. The molecule has 0 aromatic heterocycles. The Morgan fingerprint density at radius 3 is 2.65 bits per heavy atom. The molecule has 0 spiro atoms. The minimum atomic E-state index is -0.364. The second-order valence-electron chi connectivity index (χ2n) is 5.99. The summed E-state index contributed by atoms with van der Waals surface area (Å²) in [4.78, 5) is 14.5. The highest BCUT2D eigenvalue weighted by atomic mass is 16.2. The van der Waals surface area contributed by atoms with Crippen molar-refractivity contribution in [1.29, 1.82) is 0 Å². The van der Waals surface area contributed by atoms with E-state index in [2.05, 4.69) is 45.0 Å². The molecule has 1 saturated heterocycles. The molecule has 1 aliphatic rings. The first-order chi connectivity index (χ1) is 9.56. The van der Waals surface area contributed by atoms with Crippen LogP contribution < -0.4 is 5.73 Å². The van der Waals surface area contributed by atoms with Crippen molar-refractivity contribution in [3.05, 3.63) is 35.9 Å². The molecule has 2 rings (SSSR count). The Morgan fingerprint density at radius 1 is 1.40 bits per heavy atom. The van der Waals surface area contributed by atoms with E-state index in [1.807, 2.05) is 11.0 Å². The number of amides is 1. The minimum Gasteiger partial charge on any atom is -0.338 e. The first kappa shape index (κ1) is 15.0. The third kappa shape index (κ3) is 2.88. The summed E-state index contributed by atoms with van der Waals surface area (Å²) in [6.45, 7) is 7.10. The zero-order chi connectivity index (χ0) is 14.7. The summed E-state index contributed by atoms with van der Waals surface area (Å²) in [6.07, 6.45) is 1.97. The molecule has 0 aliphatic carbocycles. The van der Waals surface area contributed by atoms with Gasteiger partial charge >= 0.3 is 0 Å². The Bertz CT molecular complexity index is 446. The van der Waals surface area contributed by atoms with Gasteiger partial charge in [-0.05, 0) is 24.8 Å². The molecule has 3 nitrogen and oxygen atoms in total. The first-order valence-electron chi connectivity index (χ1n) is 7.67. The molecule has 1 heterocycles. The van der Waals surface area contributed by atoms with Crippen LogP contribution >= 0.6 is 0 Å². The molecule has 1 fully saturated rings. The second-order valence-corrected chi connectivity index (χ2v) is 5.99. The zero-order valence-corrected chi connectivity index (χ0v) is 12.8. The summed E-state index contributed by atoms with van der Waals surface area (Å²) in [6, 6.07) is 10.4. The van der Waals surface area contributed by atoms with E-state index in [0.717, 1.165) is 19.4 Å². The molecule has 0 radical (unpaired) electrons. The van der Waals surface area contributed by atoms with E-state index in [-0.39, 0.29) is 23.9 Å². The van der Waals surface area contributed by atoms with Crippen LogP contribution in [-0.4, -0.2) is 29.4 Å². The van der Waals surface area contributed by atoms with Gasteiger partial charge < -0.3 is 10.6 Å². The van der Waals surface area contributed by atoms with E-state index in [1.54, 1.807) is 0 Å². The Labute approximate surface area is 122 Å². The topological polar surface area (TPSA) is 46.3 Å². The quantitative estimate of drug-likeness (QED) is 0.917. The Hall–Kier alpha value is -1.35. The lowest BCUT2D eigenvalue weighted by atomic mass is 9.92. The molecule has 4 atom stereocenters. The number of nitrogens with two attached hydrogens (primary N) is 1. The molecule has 1 aromatic rings. The molecular weight excluding hydrogens is 248 g/mol. The predicted molar refractivity (Wildman–Crippen MR) is 82.4 cm³/mol. The molecule has 1 aliphatic heterocycles. The number of benzene rings is 1. The summed E-state index contributed by atoms with van der Waals surface area (Å²) >= 11 is 0. The van der Waals surface area contributed by atoms with Crippen LogP contribution in [0.25, 0.3) is 0 Å². The SMILES string of the molecule is CCC(C)C(N)C(=O)N1CCC(c2ccccc2)C1C. The highest BCUT2D eigenvalue weighted by Gasteiger charge is 2.37. The zero-order valence-electron chi connectivity index (χ0n) is 12.8. The molecule has 1 aromatic carbocycles. The molecule has 3 heteroatoms. The summed E-state index contributed by atoms with van der Waals surface area (Å²) in [5.41, 5.74) is 7.43. The highest BCUT2D eigenvalue weighted by Crippen LogP contribution is 2.33. The van der Waals surface area contributed by atoms with Crippen molar-refractivity contribution in [2.45, 2.75) is 51.6 Å². The van der Waals surface area contributed by atoms with Gasteiger partial charge in [-0.15, -0.1) is 0 Å². The number of hydrogen-bond donors (Lipinski definition) is 1. The number of nitrogens with zero attached hydrogens (tertiary/aromatic N) is 1. The van der Waals surface area contributed by atoms with Crippen LogP contribution in [-0.2, 0) is 4.79 Å². The maximum absolute atomic E-state index is 12.5. The Morgan fingerprint density at radius 2 is 2.05 bits per heavy atom. The highest BCUT2D eigenvalue weighted by molar-refractivity contribution is 5.82. The molecule has 0 saturated carbocycles. The van der Waals surface area contributed by atoms with Gasteiger partial charge in [0.05, 0.1) is 6.04 Å². The van der Waals surface area contributed by atoms with Crippen molar-refractivity contribution in [2.24, 2.45) is 11.7 Å². The normalized spacial score (nSPS) is 25.5. The van der Waals surface area contributed by atoms with E-state index in [4.69, 9.17) is 5.73 Å². The van der Waals surface area contributed by atoms with Gasteiger partial charge in [0, 0.05) is 18.5 Å². The molecule has 0 bridgehead atoms. The third-order valence-corrected chi connectivity index (χ3v) is 4.81. The Kier molecular flexibility index (Phi) is 4.81. The van der Waals surface area contributed by atoms with Crippen LogP contribution in [0.5, 0.6) is 0 Å². The number of rotatable bonds is 4. The number of hydrogen-bond acceptors (Lipinski definition) is 2.